The maximum atomic E-state index is 9.27. The molecule has 0 radical (unpaired) electrons. The molecule has 1 aromatic carbocycles. The summed E-state index contributed by atoms with van der Waals surface area (Å²) in [6.45, 7) is 1.82. The maximum Gasteiger partial charge on any atom is 0.268 e. The number of hydrogen-bond acceptors (Lipinski definition) is 7. The zero-order valence-corrected chi connectivity index (χ0v) is 13.8. The molecule has 0 aliphatic rings. The summed E-state index contributed by atoms with van der Waals surface area (Å²) in [5, 5.41) is 17.5. The van der Waals surface area contributed by atoms with Gasteiger partial charge in [-0.1, -0.05) is 18.2 Å². The van der Waals surface area contributed by atoms with Crippen LogP contribution in [-0.4, -0.2) is 25.1 Å². The lowest BCUT2D eigenvalue weighted by Crippen LogP contribution is -1.97. The summed E-state index contributed by atoms with van der Waals surface area (Å²) < 4.78 is 5.78. The molecule has 4 aromatic rings. The highest BCUT2D eigenvalue weighted by molar-refractivity contribution is 5.68. The molecule has 0 fully saturated rings. The minimum atomic E-state index is 0.281. The molecule has 4 rings (SSSR count). The van der Waals surface area contributed by atoms with Crippen molar-refractivity contribution in [1.29, 1.82) is 5.26 Å². The van der Waals surface area contributed by atoms with Gasteiger partial charge in [-0.05, 0) is 25.1 Å². The number of nitriles is 1. The normalized spacial score (nSPS) is 10.5. The summed E-state index contributed by atoms with van der Waals surface area (Å²) in [4.78, 5) is 12.9. The van der Waals surface area contributed by atoms with E-state index in [-0.39, 0.29) is 5.89 Å². The van der Waals surface area contributed by atoms with Crippen LogP contribution in [0.25, 0.3) is 34.3 Å². The highest BCUT2D eigenvalue weighted by atomic mass is 16.4. The second kappa shape index (κ2) is 6.53. The van der Waals surface area contributed by atoms with Crippen molar-refractivity contribution in [2.75, 3.05) is 0 Å². The van der Waals surface area contributed by atoms with Crippen molar-refractivity contribution < 1.29 is 4.42 Å². The molecule has 0 bridgehead atoms. The third kappa shape index (κ3) is 2.80. The Morgan fingerprint density at radius 1 is 1.00 bits per heavy atom. The van der Waals surface area contributed by atoms with Gasteiger partial charge in [-0.15, -0.1) is 10.2 Å². The molecule has 0 N–H and O–H groups in total. The van der Waals surface area contributed by atoms with Crippen LogP contribution < -0.4 is 0 Å². The van der Waals surface area contributed by atoms with Crippen LogP contribution in [-0.2, 0) is 0 Å². The molecule has 0 aliphatic heterocycles. The first-order chi connectivity index (χ1) is 12.8. The van der Waals surface area contributed by atoms with Crippen LogP contribution in [0.2, 0.25) is 0 Å². The van der Waals surface area contributed by atoms with Crippen LogP contribution in [0.3, 0.4) is 0 Å². The number of aromatic nitrogens is 5. The predicted octanol–water partition coefficient (Wildman–Crippen LogP) is 3.44. The van der Waals surface area contributed by atoms with Crippen molar-refractivity contribution >= 4 is 0 Å². The topological polar surface area (TPSA) is 101 Å². The Hall–Kier alpha value is -3.92. The van der Waals surface area contributed by atoms with Crippen LogP contribution in [0, 0.1) is 18.3 Å². The molecule has 0 saturated heterocycles. The maximum absolute atomic E-state index is 9.27. The van der Waals surface area contributed by atoms with Gasteiger partial charge < -0.3 is 4.42 Å². The standard InChI is InChI=1S/C19H12N6O/c1-12-17(19-25-24-18(26-19)13-5-3-2-4-6-13)23-16(11-22-12)15-7-8-21-10-14(15)9-20/h2-8,10-11H,1H3. The molecule has 0 atom stereocenters. The highest BCUT2D eigenvalue weighted by Gasteiger charge is 2.17. The number of hydrogen-bond donors (Lipinski definition) is 0. The molecule has 0 amide bonds. The Kier molecular flexibility index (Phi) is 3.92. The molecule has 7 nitrogen and oxygen atoms in total. The second-order valence-electron chi connectivity index (χ2n) is 5.50. The molecular weight excluding hydrogens is 328 g/mol. The van der Waals surface area contributed by atoms with Gasteiger partial charge in [-0.3, -0.25) is 9.97 Å². The van der Waals surface area contributed by atoms with Crippen LogP contribution in [0.4, 0.5) is 0 Å². The fourth-order valence-electron chi connectivity index (χ4n) is 2.50. The van der Waals surface area contributed by atoms with Gasteiger partial charge in [0.25, 0.3) is 5.89 Å². The number of aryl methyl sites for hydroxylation is 1. The number of nitrogens with zero attached hydrogens (tertiary/aromatic N) is 6. The number of rotatable bonds is 3. The largest absolute Gasteiger partial charge is 0.415 e. The molecule has 0 saturated carbocycles. The lowest BCUT2D eigenvalue weighted by molar-refractivity contribution is 0.581. The van der Waals surface area contributed by atoms with Gasteiger partial charge in [0.15, 0.2) is 0 Å². The van der Waals surface area contributed by atoms with Gasteiger partial charge >= 0.3 is 0 Å². The van der Waals surface area contributed by atoms with E-state index in [1.54, 1.807) is 18.5 Å². The van der Waals surface area contributed by atoms with Gasteiger partial charge in [-0.2, -0.15) is 5.26 Å². The van der Waals surface area contributed by atoms with E-state index >= 15 is 0 Å². The zero-order chi connectivity index (χ0) is 17.9. The van der Waals surface area contributed by atoms with E-state index in [1.807, 2.05) is 37.3 Å². The van der Waals surface area contributed by atoms with E-state index in [4.69, 9.17) is 4.42 Å². The molecular formula is C19H12N6O. The number of benzene rings is 1. The zero-order valence-electron chi connectivity index (χ0n) is 13.8. The second-order valence-corrected chi connectivity index (χ2v) is 5.50. The molecule has 3 aromatic heterocycles. The van der Waals surface area contributed by atoms with E-state index in [9.17, 15) is 5.26 Å². The first-order valence-corrected chi connectivity index (χ1v) is 7.83. The fraction of sp³-hybridized carbons (Fsp3) is 0.0526. The first kappa shape index (κ1) is 15.6. The molecule has 0 spiro atoms. The van der Waals surface area contributed by atoms with Crippen molar-refractivity contribution in [2.45, 2.75) is 6.92 Å². The monoisotopic (exact) mass is 340 g/mol. The van der Waals surface area contributed by atoms with Crippen molar-refractivity contribution in [3.05, 3.63) is 66.2 Å². The van der Waals surface area contributed by atoms with Gasteiger partial charge in [-0.25, -0.2) is 4.98 Å². The first-order valence-electron chi connectivity index (χ1n) is 7.83. The van der Waals surface area contributed by atoms with Crippen molar-refractivity contribution in [1.82, 2.24) is 25.1 Å². The Morgan fingerprint density at radius 3 is 2.62 bits per heavy atom. The molecule has 7 heteroatoms. The van der Waals surface area contributed by atoms with E-state index in [0.717, 1.165) is 5.56 Å². The third-order valence-electron chi connectivity index (χ3n) is 3.82. The summed E-state index contributed by atoms with van der Waals surface area (Å²) in [5.74, 6) is 0.692. The Balaban J connectivity index is 1.79. The lowest BCUT2D eigenvalue weighted by Gasteiger charge is -2.05. The van der Waals surface area contributed by atoms with Crippen LogP contribution >= 0.6 is 0 Å². The summed E-state index contributed by atoms with van der Waals surface area (Å²) >= 11 is 0. The molecule has 0 aliphatic carbocycles. The molecule has 124 valence electrons. The third-order valence-corrected chi connectivity index (χ3v) is 3.82. The summed E-state index contributed by atoms with van der Waals surface area (Å²) in [6, 6.07) is 13.3. The van der Waals surface area contributed by atoms with Crippen molar-refractivity contribution in [3.8, 4) is 40.4 Å². The van der Waals surface area contributed by atoms with Crippen LogP contribution in [0.1, 0.15) is 11.3 Å². The van der Waals surface area contributed by atoms with Crippen LogP contribution in [0.5, 0.6) is 0 Å². The van der Waals surface area contributed by atoms with E-state index in [0.29, 0.717) is 34.1 Å². The fourth-order valence-corrected chi connectivity index (χ4v) is 2.50. The van der Waals surface area contributed by atoms with Crippen LogP contribution in [0.15, 0.2) is 59.4 Å². The van der Waals surface area contributed by atoms with E-state index in [1.165, 1.54) is 6.20 Å². The highest BCUT2D eigenvalue weighted by Crippen LogP contribution is 2.27. The predicted molar refractivity (Wildman–Crippen MR) is 93.4 cm³/mol. The smallest absolute Gasteiger partial charge is 0.268 e. The average molecular weight is 340 g/mol. The molecule has 26 heavy (non-hydrogen) atoms. The molecule has 3 heterocycles. The minimum Gasteiger partial charge on any atom is -0.415 e. The quantitative estimate of drug-likeness (QED) is 0.563. The minimum absolute atomic E-state index is 0.281. The van der Waals surface area contributed by atoms with Crippen molar-refractivity contribution in [2.24, 2.45) is 0 Å². The van der Waals surface area contributed by atoms with E-state index < -0.39 is 0 Å². The van der Waals surface area contributed by atoms with Gasteiger partial charge in [0, 0.05) is 23.5 Å². The lowest BCUT2D eigenvalue weighted by atomic mass is 10.1. The van der Waals surface area contributed by atoms with Gasteiger partial charge in [0.05, 0.1) is 23.1 Å². The Bertz CT molecular complexity index is 1110. The SMILES string of the molecule is Cc1ncc(-c2ccncc2C#N)nc1-c1nnc(-c2ccccc2)o1. The summed E-state index contributed by atoms with van der Waals surface area (Å²) in [5.41, 5.74) is 3.59. The average Bonchev–Trinajstić information content (AvgIpc) is 3.19. The summed E-state index contributed by atoms with van der Waals surface area (Å²) in [7, 11) is 0. The van der Waals surface area contributed by atoms with Gasteiger partial charge in [0.2, 0.25) is 5.89 Å². The number of pyridine rings is 1. The van der Waals surface area contributed by atoms with Crippen molar-refractivity contribution in [3.63, 3.8) is 0 Å². The van der Waals surface area contributed by atoms with E-state index in [2.05, 4.69) is 31.2 Å². The molecule has 0 unspecified atom stereocenters. The van der Waals surface area contributed by atoms with Gasteiger partial charge in [0.1, 0.15) is 11.8 Å². The summed E-state index contributed by atoms with van der Waals surface area (Å²) in [6.07, 6.45) is 4.72. The Labute approximate surface area is 149 Å². The Morgan fingerprint density at radius 2 is 1.81 bits per heavy atom.